The molecule has 0 unspecified atom stereocenters. The molecule has 5 fully saturated rings. The Morgan fingerprint density at radius 2 is 1.54 bits per heavy atom. The molecule has 484 valence electrons. The van der Waals surface area contributed by atoms with Gasteiger partial charge in [0.15, 0.2) is 18.7 Å². The van der Waals surface area contributed by atoms with Crippen molar-refractivity contribution in [2.75, 3.05) is 83.4 Å². The van der Waals surface area contributed by atoms with Gasteiger partial charge in [0.1, 0.15) is 35.3 Å². The molecular formula is C59H99FN8O17. The minimum Gasteiger partial charge on any atom is -0.459 e. The Hall–Kier alpha value is -4.74. The molecule has 26 heteroatoms. The van der Waals surface area contributed by atoms with E-state index in [1.54, 1.807) is 65.5 Å². The van der Waals surface area contributed by atoms with Crippen molar-refractivity contribution in [3.8, 4) is 0 Å². The lowest BCUT2D eigenvalue weighted by Crippen LogP contribution is -2.62. The first-order valence-corrected chi connectivity index (χ1v) is 30.2. The van der Waals surface area contributed by atoms with Gasteiger partial charge in [0, 0.05) is 83.6 Å². The van der Waals surface area contributed by atoms with Crippen molar-refractivity contribution in [1.29, 1.82) is 0 Å². The first-order chi connectivity index (χ1) is 39.8. The molecule has 6 rings (SSSR count). The minimum absolute atomic E-state index is 0.00541. The number of urea groups is 1. The maximum Gasteiger partial charge on any atom is 0.414 e. The van der Waals surface area contributed by atoms with Crippen molar-refractivity contribution >= 4 is 41.5 Å². The number of cyclic esters (lactones) is 2. The number of benzene rings is 1. The number of piperazine rings is 1. The number of methoxy groups -OCH3 is 1. The number of carbonyl (C=O) groups excluding carboxylic acids is 5. The van der Waals surface area contributed by atoms with Crippen molar-refractivity contribution in [1.82, 2.24) is 25.8 Å². The Kier molecular flexibility index (Phi) is 24.1. The summed E-state index contributed by atoms with van der Waals surface area (Å²) in [6.07, 6.45) is -10.8. The normalized spacial score (nSPS) is 38.0. The van der Waals surface area contributed by atoms with Crippen molar-refractivity contribution in [3.05, 3.63) is 24.0 Å². The third-order valence-corrected chi connectivity index (χ3v) is 18.1. The molecule has 5 amide bonds. The average molecular weight is 1210 g/mol. The van der Waals surface area contributed by atoms with Gasteiger partial charge in [-0.1, -0.05) is 27.7 Å². The number of halogens is 1. The summed E-state index contributed by atoms with van der Waals surface area (Å²) in [5, 5.41) is 56.4. The van der Waals surface area contributed by atoms with E-state index in [1.165, 1.54) is 31.9 Å². The highest BCUT2D eigenvalue weighted by Crippen LogP contribution is 2.42. The van der Waals surface area contributed by atoms with E-state index in [0.717, 1.165) is 0 Å². The standard InChI is InChI=1S/C59H99FN8O17/c1-15-44-59(11,77)49(71)34(4)46(61)32(2)28-57(9,76)50(84-53-47(70)43(65(12)13)26-33(3)79-53)35(5)48(36(6)52(72)82-44)83-45-29-58(10,78-14)51(37(7)80-45)85-55(74)63-21-17-16-20-62-54(73)67-24-22-66(23-25-67)42-19-18-39(27-41(42)60)68-31-40(81-56(68)75)30-64-38(8)69/h18-19,27,32-37,40,43-51,53,70-71,76-77H,15-17,20-26,28-31,61H2,1-14H3,(H,62,73)(H,63,74)(H,64,69)/t32-,33-,34+,35+,36-,37+,40+,43+,44-,45+,46+,47-,48+,49-,50-,51+,53+,57-,58-,59-/m1/s1. The maximum absolute atomic E-state index is 15.4. The quantitative estimate of drug-likeness (QED) is 0.0631. The van der Waals surface area contributed by atoms with Crippen molar-refractivity contribution in [3.63, 3.8) is 0 Å². The van der Waals surface area contributed by atoms with Gasteiger partial charge in [-0.3, -0.25) is 14.5 Å². The van der Waals surface area contributed by atoms with Gasteiger partial charge in [0.05, 0.1) is 66.5 Å². The molecule has 0 aromatic heterocycles. The highest BCUT2D eigenvalue weighted by Gasteiger charge is 2.54. The Labute approximate surface area is 500 Å². The van der Waals surface area contributed by atoms with Crippen molar-refractivity contribution in [2.45, 2.75) is 211 Å². The van der Waals surface area contributed by atoms with E-state index >= 15 is 4.39 Å². The zero-order valence-corrected chi connectivity index (χ0v) is 52.3. The molecule has 5 aliphatic heterocycles. The van der Waals surface area contributed by atoms with Crippen molar-refractivity contribution < 1.29 is 86.7 Å². The number of alkyl carbamates (subject to hydrolysis) is 1. The SMILES string of the molecule is CC[C@H]1OC(=O)[C@H](C)[C@@H](O[C@H]2C[C@@](C)(OC)[C@@H](OC(=O)NCCCCNC(=O)N3CCN(c4ccc(N5C[C@H](CNC(C)=O)OC5=O)cc4F)CC3)[C@H](C)O2)[C@H](C)[C@@H](O[C@@H]2O[C@H](C)C[C@H](N(C)C)[C@H]2O)[C@](C)(O)C[C@@H](C)[C@H](N)[C@H](C)[C@@H](O)[C@]1(C)O. The van der Waals surface area contributed by atoms with Crippen LogP contribution in [0.25, 0.3) is 0 Å². The molecule has 20 atom stereocenters. The van der Waals surface area contributed by atoms with Gasteiger partial charge in [-0.05, 0) is 112 Å². The molecule has 1 aromatic rings. The number of nitrogens with one attached hydrogen (secondary N) is 3. The first-order valence-electron chi connectivity index (χ1n) is 30.2. The summed E-state index contributed by atoms with van der Waals surface area (Å²) in [5.74, 6) is -4.76. The molecule has 0 bridgehead atoms. The maximum atomic E-state index is 15.4. The number of nitrogens with two attached hydrogens (primary N) is 1. The molecule has 9 N–H and O–H groups in total. The van der Waals surface area contributed by atoms with Crippen LogP contribution in [0.4, 0.5) is 30.1 Å². The van der Waals surface area contributed by atoms with E-state index in [1.807, 2.05) is 37.7 Å². The molecule has 5 saturated heterocycles. The fraction of sp³-hybridized carbons (Fsp3) is 0.814. The summed E-state index contributed by atoms with van der Waals surface area (Å²) in [6.45, 7) is 20.7. The molecule has 25 nitrogen and oxygen atoms in total. The minimum atomic E-state index is -1.93. The Morgan fingerprint density at radius 1 is 0.882 bits per heavy atom. The van der Waals surface area contributed by atoms with Crippen LogP contribution in [0.3, 0.4) is 0 Å². The van der Waals surface area contributed by atoms with Gasteiger partial charge in [-0.2, -0.15) is 0 Å². The van der Waals surface area contributed by atoms with Gasteiger partial charge in [0.2, 0.25) is 5.91 Å². The smallest absolute Gasteiger partial charge is 0.414 e. The second kappa shape index (κ2) is 29.5. The number of nitrogens with zero attached hydrogens (tertiary/aromatic N) is 4. The Bertz CT molecular complexity index is 2400. The second-order valence-corrected chi connectivity index (χ2v) is 25.2. The number of hydrogen-bond acceptors (Lipinski definition) is 20. The van der Waals surface area contributed by atoms with Gasteiger partial charge >= 0.3 is 24.2 Å². The van der Waals surface area contributed by atoms with Gasteiger partial charge in [0.25, 0.3) is 0 Å². The van der Waals surface area contributed by atoms with Crippen molar-refractivity contribution in [2.24, 2.45) is 29.4 Å². The highest BCUT2D eigenvalue weighted by atomic mass is 19.1. The predicted molar refractivity (Wildman–Crippen MR) is 311 cm³/mol. The molecule has 0 aliphatic carbocycles. The fourth-order valence-electron chi connectivity index (χ4n) is 12.9. The number of likely N-dealkylation sites (N-methyl/N-ethyl adjacent to an activating group) is 1. The number of esters is 1. The van der Waals surface area contributed by atoms with Crippen LogP contribution in [0.15, 0.2) is 18.2 Å². The molecule has 0 saturated carbocycles. The van der Waals surface area contributed by atoms with E-state index in [9.17, 15) is 44.4 Å². The number of hydrogen-bond donors (Lipinski definition) is 8. The largest absolute Gasteiger partial charge is 0.459 e. The summed E-state index contributed by atoms with van der Waals surface area (Å²) in [6, 6.07) is 3.13. The number of carbonyl (C=O) groups is 5. The summed E-state index contributed by atoms with van der Waals surface area (Å²) in [7, 11) is 5.18. The summed E-state index contributed by atoms with van der Waals surface area (Å²) in [4.78, 5) is 71.5. The van der Waals surface area contributed by atoms with Gasteiger partial charge in [-0.25, -0.2) is 18.8 Å². The number of rotatable bonds is 17. The first kappa shape index (κ1) is 69.4. The molecule has 0 radical (unpaired) electrons. The molecule has 5 heterocycles. The molecule has 1 aromatic carbocycles. The Balaban J connectivity index is 1.05. The third-order valence-electron chi connectivity index (χ3n) is 18.1. The molecule has 5 aliphatic rings. The molecular weight excluding hydrogens is 1110 g/mol. The molecule has 0 spiro atoms. The van der Waals surface area contributed by atoms with Crippen LogP contribution in [0.1, 0.15) is 115 Å². The topological polar surface area (TPSA) is 315 Å². The van der Waals surface area contributed by atoms with E-state index in [2.05, 4.69) is 16.0 Å². The highest BCUT2D eigenvalue weighted by molar-refractivity contribution is 5.90. The number of anilines is 2. The number of amides is 5. The number of ether oxygens (including phenoxy) is 8. The monoisotopic (exact) mass is 1210 g/mol. The predicted octanol–water partition coefficient (Wildman–Crippen LogP) is 3.19. The van der Waals surface area contributed by atoms with Crippen LogP contribution >= 0.6 is 0 Å². The number of unbranched alkanes of at least 4 members (excludes halogenated alkanes) is 1. The summed E-state index contributed by atoms with van der Waals surface area (Å²) >= 11 is 0. The summed E-state index contributed by atoms with van der Waals surface area (Å²) in [5.41, 5.74) is 2.62. The van der Waals surface area contributed by atoms with Crippen LogP contribution < -0.4 is 31.5 Å². The number of aliphatic hydroxyl groups is 4. The Morgan fingerprint density at radius 3 is 2.15 bits per heavy atom. The van der Waals surface area contributed by atoms with Crippen LogP contribution in [-0.4, -0.2) is 230 Å². The lowest BCUT2D eigenvalue weighted by Gasteiger charge is -2.49. The second-order valence-electron chi connectivity index (χ2n) is 25.2. The van der Waals surface area contributed by atoms with Gasteiger partial charge in [-0.15, -0.1) is 0 Å². The van der Waals surface area contributed by atoms with Crippen LogP contribution in [0.5, 0.6) is 0 Å². The van der Waals surface area contributed by atoms with Gasteiger partial charge < -0.3 is 94.7 Å². The van der Waals surface area contributed by atoms with E-state index in [4.69, 9.17) is 43.6 Å². The molecule has 85 heavy (non-hydrogen) atoms. The van der Waals surface area contributed by atoms with E-state index in [-0.39, 0.29) is 63.0 Å². The number of aliphatic hydroxyl groups excluding tert-OH is 2. The zero-order chi connectivity index (χ0) is 63.0. The van der Waals surface area contributed by atoms with Crippen LogP contribution in [0.2, 0.25) is 0 Å². The zero-order valence-electron chi connectivity index (χ0n) is 52.3. The summed E-state index contributed by atoms with van der Waals surface area (Å²) < 4.78 is 65.3. The van der Waals surface area contributed by atoms with Crippen LogP contribution in [-0.2, 0) is 47.5 Å². The average Bonchev–Trinajstić information content (AvgIpc) is 3.98. The third kappa shape index (κ3) is 16.9. The van der Waals surface area contributed by atoms with E-state index in [0.29, 0.717) is 63.4 Å². The van der Waals surface area contributed by atoms with Crippen LogP contribution in [0, 0.1) is 29.5 Å². The van der Waals surface area contributed by atoms with E-state index < -0.39 is 132 Å². The lowest BCUT2D eigenvalue weighted by molar-refractivity contribution is -0.318. The lowest BCUT2D eigenvalue weighted by atomic mass is 9.72. The fourth-order valence-corrected chi connectivity index (χ4v) is 12.9.